The molecule has 8 heteroatoms. The van der Waals surface area contributed by atoms with Gasteiger partial charge in [-0.3, -0.25) is 19.8 Å². The highest BCUT2D eigenvalue weighted by molar-refractivity contribution is 5.88. The summed E-state index contributed by atoms with van der Waals surface area (Å²) in [5.41, 5.74) is 1.10. The minimum absolute atomic E-state index is 0.153. The van der Waals surface area contributed by atoms with Crippen LogP contribution in [0.5, 0.6) is 0 Å². The average Bonchev–Trinajstić information content (AvgIpc) is 3.37. The normalized spacial score (nSPS) is 20.0. The molecule has 0 aliphatic carbocycles. The van der Waals surface area contributed by atoms with Gasteiger partial charge in [-0.05, 0) is 30.5 Å². The number of likely N-dealkylation sites (tertiary alicyclic amines) is 2. The van der Waals surface area contributed by atoms with Gasteiger partial charge in [0.25, 0.3) is 0 Å². The number of amides is 3. The van der Waals surface area contributed by atoms with E-state index < -0.39 is 0 Å². The zero-order valence-corrected chi connectivity index (χ0v) is 14.5. The molecule has 1 unspecified atom stereocenters. The number of nitrogens with zero attached hydrogens (tertiary/aromatic N) is 5. The lowest BCUT2D eigenvalue weighted by Gasteiger charge is -2.24. The summed E-state index contributed by atoms with van der Waals surface area (Å²) in [6.07, 6.45) is 7.74. The molecule has 4 heterocycles. The van der Waals surface area contributed by atoms with Crippen LogP contribution in [-0.2, 0) is 11.3 Å². The average molecular weight is 354 g/mol. The van der Waals surface area contributed by atoms with Crippen LogP contribution in [0.4, 0.5) is 10.6 Å². The number of anilines is 1. The zero-order valence-electron chi connectivity index (χ0n) is 14.5. The van der Waals surface area contributed by atoms with E-state index in [0.717, 1.165) is 24.9 Å². The molecule has 0 aromatic carbocycles. The number of hydrogen-bond acceptors (Lipinski definition) is 4. The molecule has 2 aliphatic heterocycles. The molecule has 136 valence electrons. The SMILES string of the molecule is O=C(Nc1ccn(Cc2ccncc2)n1)N1CCC(N2CCCC2=O)C1. The van der Waals surface area contributed by atoms with E-state index in [1.807, 2.05) is 23.2 Å². The molecular formula is C18H22N6O2. The second kappa shape index (κ2) is 7.15. The second-order valence-corrected chi connectivity index (χ2v) is 6.76. The summed E-state index contributed by atoms with van der Waals surface area (Å²) < 4.78 is 1.78. The first-order valence-corrected chi connectivity index (χ1v) is 8.97. The number of hydrogen-bond donors (Lipinski definition) is 1. The Kier molecular flexibility index (Phi) is 4.55. The van der Waals surface area contributed by atoms with E-state index >= 15 is 0 Å². The quantitative estimate of drug-likeness (QED) is 0.903. The summed E-state index contributed by atoms with van der Waals surface area (Å²) in [5.74, 6) is 0.747. The molecule has 1 atom stereocenters. The Hall–Kier alpha value is -2.90. The number of aromatic nitrogens is 3. The van der Waals surface area contributed by atoms with Gasteiger partial charge in [-0.2, -0.15) is 5.10 Å². The van der Waals surface area contributed by atoms with Gasteiger partial charge >= 0.3 is 6.03 Å². The third kappa shape index (κ3) is 3.54. The van der Waals surface area contributed by atoms with Gasteiger partial charge in [0.15, 0.2) is 5.82 Å². The van der Waals surface area contributed by atoms with E-state index in [0.29, 0.717) is 31.9 Å². The van der Waals surface area contributed by atoms with Crippen LogP contribution in [0.3, 0.4) is 0 Å². The molecule has 3 amide bonds. The number of rotatable bonds is 4. The third-order valence-electron chi connectivity index (χ3n) is 4.97. The van der Waals surface area contributed by atoms with Crippen molar-refractivity contribution in [2.45, 2.75) is 31.8 Å². The van der Waals surface area contributed by atoms with Crippen LogP contribution in [0.25, 0.3) is 0 Å². The molecule has 2 saturated heterocycles. The molecule has 1 N–H and O–H groups in total. The Morgan fingerprint density at radius 1 is 1.23 bits per heavy atom. The monoisotopic (exact) mass is 354 g/mol. The standard InChI is InChI=1S/C18H22N6O2/c25-17-2-1-9-24(17)15-5-10-22(13-15)18(26)20-16-6-11-23(21-16)12-14-3-7-19-8-4-14/h3-4,6-8,11,15H,1-2,5,9-10,12-13H2,(H,20,21,26). The maximum Gasteiger partial charge on any atom is 0.323 e. The van der Waals surface area contributed by atoms with Gasteiger partial charge in [0.2, 0.25) is 5.91 Å². The number of urea groups is 1. The van der Waals surface area contributed by atoms with Crippen molar-refractivity contribution in [3.8, 4) is 0 Å². The van der Waals surface area contributed by atoms with Gasteiger partial charge in [-0.15, -0.1) is 0 Å². The van der Waals surface area contributed by atoms with Crippen molar-refractivity contribution in [1.29, 1.82) is 0 Å². The molecule has 8 nitrogen and oxygen atoms in total. The van der Waals surface area contributed by atoms with Crippen molar-refractivity contribution < 1.29 is 9.59 Å². The van der Waals surface area contributed by atoms with Gasteiger partial charge in [0, 0.05) is 50.7 Å². The summed E-state index contributed by atoms with van der Waals surface area (Å²) >= 11 is 0. The lowest BCUT2D eigenvalue weighted by atomic mass is 10.2. The molecule has 2 aromatic heterocycles. The Morgan fingerprint density at radius 3 is 2.85 bits per heavy atom. The number of nitrogens with one attached hydrogen (secondary N) is 1. The van der Waals surface area contributed by atoms with Crippen molar-refractivity contribution in [3.05, 3.63) is 42.4 Å². The molecular weight excluding hydrogens is 332 g/mol. The van der Waals surface area contributed by atoms with Crippen LogP contribution < -0.4 is 5.32 Å². The molecule has 2 aliphatic rings. The van der Waals surface area contributed by atoms with E-state index in [1.54, 1.807) is 28.0 Å². The highest BCUT2D eigenvalue weighted by Gasteiger charge is 2.34. The van der Waals surface area contributed by atoms with Crippen LogP contribution in [0.1, 0.15) is 24.8 Å². The maximum atomic E-state index is 12.5. The van der Waals surface area contributed by atoms with Crippen molar-refractivity contribution in [3.63, 3.8) is 0 Å². The minimum atomic E-state index is -0.159. The molecule has 26 heavy (non-hydrogen) atoms. The third-order valence-corrected chi connectivity index (χ3v) is 4.97. The van der Waals surface area contributed by atoms with E-state index in [4.69, 9.17) is 0 Å². The summed E-state index contributed by atoms with van der Waals surface area (Å²) in [6.45, 7) is 2.70. The summed E-state index contributed by atoms with van der Waals surface area (Å²) in [6, 6.07) is 5.65. The molecule has 2 fully saturated rings. The highest BCUT2D eigenvalue weighted by Crippen LogP contribution is 2.22. The van der Waals surface area contributed by atoms with Gasteiger partial charge in [-0.1, -0.05) is 0 Å². The van der Waals surface area contributed by atoms with Gasteiger partial charge in [0.05, 0.1) is 12.6 Å². The molecule has 4 rings (SSSR count). The fraction of sp³-hybridized carbons (Fsp3) is 0.444. The predicted octanol–water partition coefficient (Wildman–Crippen LogP) is 1.55. The Morgan fingerprint density at radius 2 is 2.08 bits per heavy atom. The Bertz CT molecular complexity index is 790. The minimum Gasteiger partial charge on any atom is -0.338 e. The maximum absolute atomic E-state index is 12.5. The van der Waals surface area contributed by atoms with E-state index in [2.05, 4.69) is 15.4 Å². The van der Waals surface area contributed by atoms with Gasteiger partial charge in [0.1, 0.15) is 0 Å². The first-order chi connectivity index (χ1) is 12.7. The lowest BCUT2D eigenvalue weighted by Crippen LogP contribution is -2.40. The fourth-order valence-electron chi connectivity index (χ4n) is 3.62. The van der Waals surface area contributed by atoms with E-state index in [-0.39, 0.29) is 18.0 Å². The molecule has 0 spiro atoms. The lowest BCUT2D eigenvalue weighted by molar-refractivity contribution is -0.129. The second-order valence-electron chi connectivity index (χ2n) is 6.76. The Labute approximate surface area is 151 Å². The van der Waals surface area contributed by atoms with Crippen LogP contribution in [-0.4, -0.2) is 62.2 Å². The van der Waals surface area contributed by atoms with Crippen LogP contribution in [0.2, 0.25) is 0 Å². The zero-order chi connectivity index (χ0) is 17.9. The molecule has 0 radical (unpaired) electrons. The van der Waals surface area contributed by atoms with Crippen molar-refractivity contribution in [2.75, 3.05) is 25.0 Å². The molecule has 2 aromatic rings. The van der Waals surface area contributed by atoms with Crippen molar-refractivity contribution in [2.24, 2.45) is 0 Å². The first kappa shape index (κ1) is 16.6. The smallest absolute Gasteiger partial charge is 0.323 e. The summed E-state index contributed by atoms with van der Waals surface area (Å²) in [5, 5.41) is 7.25. The number of carbonyl (C=O) groups excluding carboxylic acids is 2. The van der Waals surface area contributed by atoms with Gasteiger partial charge < -0.3 is 9.80 Å². The number of pyridine rings is 1. The summed E-state index contributed by atoms with van der Waals surface area (Å²) in [7, 11) is 0. The van der Waals surface area contributed by atoms with E-state index in [9.17, 15) is 9.59 Å². The van der Waals surface area contributed by atoms with Gasteiger partial charge in [-0.25, -0.2) is 4.79 Å². The first-order valence-electron chi connectivity index (χ1n) is 8.97. The molecule has 0 bridgehead atoms. The van der Waals surface area contributed by atoms with Crippen LogP contribution in [0, 0.1) is 0 Å². The summed E-state index contributed by atoms with van der Waals surface area (Å²) in [4.78, 5) is 32.0. The van der Waals surface area contributed by atoms with Crippen molar-refractivity contribution >= 4 is 17.8 Å². The largest absolute Gasteiger partial charge is 0.338 e. The molecule has 0 saturated carbocycles. The predicted molar refractivity (Wildman–Crippen MR) is 95.5 cm³/mol. The fourth-order valence-corrected chi connectivity index (χ4v) is 3.62. The Balaban J connectivity index is 1.32. The number of carbonyl (C=O) groups is 2. The van der Waals surface area contributed by atoms with Crippen LogP contribution >= 0.6 is 0 Å². The highest BCUT2D eigenvalue weighted by atomic mass is 16.2. The van der Waals surface area contributed by atoms with E-state index in [1.165, 1.54) is 0 Å². The van der Waals surface area contributed by atoms with Crippen LogP contribution in [0.15, 0.2) is 36.8 Å². The van der Waals surface area contributed by atoms with Crippen molar-refractivity contribution in [1.82, 2.24) is 24.6 Å². The topological polar surface area (TPSA) is 83.4 Å².